The zero-order valence-electron chi connectivity index (χ0n) is 19.4. The maximum atomic E-state index is 6.73. The summed E-state index contributed by atoms with van der Waals surface area (Å²) < 4.78 is 7.98. The van der Waals surface area contributed by atoms with E-state index in [-0.39, 0.29) is 0 Å². The van der Waals surface area contributed by atoms with Crippen molar-refractivity contribution in [3.8, 4) is 22.3 Å². The summed E-state index contributed by atoms with van der Waals surface area (Å²) in [4.78, 5) is 0. The van der Waals surface area contributed by atoms with Crippen LogP contribution in [0.3, 0.4) is 0 Å². The number of para-hydroxylation sites is 1. The van der Waals surface area contributed by atoms with E-state index in [1.807, 2.05) is 0 Å². The Labute approximate surface area is 211 Å². The SMILES string of the molecule is c1ccc(-c2c3ccccc3c(-c3cccc4c3oc3c5ccsc5ccc43)c3ccccc23)cc1. The molecule has 8 aromatic rings. The maximum absolute atomic E-state index is 6.73. The molecule has 0 radical (unpaired) electrons. The Balaban J connectivity index is 1.56. The molecule has 0 aliphatic rings. The number of furan rings is 1. The highest BCUT2D eigenvalue weighted by molar-refractivity contribution is 7.17. The van der Waals surface area contributed by atoms with E-state index in [1.165, 1.54) is 53.7 Å². The summed E-state index contributed by atoms with van der Waals surface area (Å²) in [6.07, 6.45) is 0. The first-order chi connectivity index (χ1) is 17.9. The molecular formula is C34H20OS. The topological polar surface area (TPSA) is 13.1 Å². The largest absolute Gasteiger partial charge is 0.455 e. The number of benzene rings is 6. The van der Waals surface area contributed by atoms with Crippen LogP contribution >= 0.6 is 11.3 Å². The normalized spacial score (nSPS) is 11.9. The summed E-state index contributed by atoms with van der Waals surface area (Å²) in [5.74, 6) is 0. The van der Waals surface area contributed by atoms with Gasteiger partial charge in [-0.1, -0.05) is 97.1 Å². The Morgan fingerprint density at radius 2 is 1.03 bits per heavy atom. The first-order valence-corrected chi connectivity index (χ1v) is 13.1. The Morgan fingerprint density at radius 1 is 0.417 bits per heavy atom. The van der Waals surface area contributed by atoms with Crippen LogP contribution in [0.2, 0.25) is 0 Å². The van der Waals surface area contributed by atoms with Gasteiger partial charge in [0.15, 0.2) is 0 Å². The first-order valence-electron chi connectivity index (χ1n) is 12.2. The third-order valence-electron chi connectivity index (χ3n) is 7.36. The molecule has 0 amide bonds. The fraction of sp³-hybridized carbons (Fsp3) is 0. The van der Waals surface area contributed by atoms with Crippen LogP contribution in [0.1, 0.15) is 0 Å². The van der Waals surface area contributed by atoms with Gasteiger partial charge in [0.25, 0.3) is 0 Å². The first kappa shape index (κ1) is 19.9. The second-order valence-electron chi connectivity index (χ2n) is 9.27. The third kappa shape index (κ3) is 2.71. The lowest BCUT2D eigenvalue weighted by molar-refractivity contribution is 0.674. The Kier molecular flexibility index (Phi) is 4.16. The number of fused-ring (bicyclic) bond motifs is 7. The van der Waals surface area contributed by atoms with Crippen molar-refractivity contribution in [3.63, 3.8) is 0 Å². The minimum atomic E-state index is 0.953. The van der Waals surface area contributed by atoms with Crippen LogP contribution in [0.5, 0.6) is 0 Å². The van der Waals surface area contributed by atoms with Crippen LogP contribution in [-0.4, -0.2) is 0 Å². The van der Waals surface area contributed by atoms with Crippen molar-refractivity contribution in [2.24, 2.45) is 0 Å². The molecular weight excluding hydrogens is 456 g/mol. The van der Waals surface area contributed by atoms with E-state index in [1.54, 1.807) is 11.3 Å². The Hall–Kier alpha value is -4.40. The number of thiophene rings is 1. The smallest absolute Gasteiger partial charge is 0.144 e. The van der Waals surface area contributed by atoms with E-state index in [9.17, 15) is 0 Å². The van der Waals surface area contributed by atoms with Gasteiger partial charge < -0.3 is 4.42 Å². The van der Waals surface area contributed by atoms with Gasteiger partial charge >= 0.3 is 0 Å². The van der Waals surface area contributed by atoms with Crippen LogP contribution in [0.4, 0.5) is 0 Å². The van der Waals surface area contributed by atoms with Gasteiger partial charge in [0.05, 0.1) is 0 Å². The zero-order valence-corrected chi connectivity index (χ0v) is 20.2. The predicted octanol–water partition coefficient (Wildman–Crippen LogP) is 10.4. The van der Waals surface area contributed by atoms with Crippen molar-refractivity contribution in [3.05, 3.63) is 121 Å². The standard InChI is InChI=1S/C34H20OS/c1-2-9-21(10-3-1)31-22-11-4-6-13-24(22)32(25-14-7-5-12-23(25)31)29-16-8-15-26-27-17-18-30-28(19-20-36-30)33(27)35-34(26)29/h1-20H. The van der Waals surface area contributed by atoms with Crippen molar-refractivity contribution in [1.82, 2.24) is 0 Å². The van der Waals surface area contributed by atoms with E-state index in [4.69, 9.17) is 4.42 Å². The fourth-order valence-corrected chi connectivity index (χ4v) is 6.62. The predicted molar refractivity (Wildman–Crippen MR) is 155 cm³/mol. The van der Waals surface area contributed by atoms with Crippen molar-refractivity contribution in [1.29, 1.82) is 0 Å². The molecule has 8 rings (SSSR count). The summed E-state index contributed by atoms with van der Waals surface area (Å²) in [6, 6.07) is 41.5. The molecule has 2 heterocycles. The van der Waals surface area contributed by atoms with Crippen molar-refractivity contribution >= 4 is 64.9 Å². The van der Waals surface area contributed by atoms with Gasteiger partial charge in [-0.2, -0.15) is 0 Å². The number of hydrogen-bond acceptors (Lipinski definition) is 2. The Bertz CT molecular complexity index is 2040. The minimum Gasteiger partial charge on any atom is -0.455 e. The van der Waals surface area contributed by atoms with Gasteiger partial charge in [0.1, 0.15) is 11.2 Å². The molecule has 36 heavy (non-hydrogen) atoms. The molecule has 0 aliphatic carbocycles. The zero-order chi connectivity index (χ0) is 23.6. The van der Waals surface area contributed by atoms with E-state index in [0.717, 1.165) is 22.1 Å². The molecule has 0 saturated carbocycles. The van der Waals surface area contributed by atoms with E-state index < -0.39 is 0 Å². The van der Waals surface area contributed by atoms with Gasteiger partial charge in [-0.05, 0) is 56.3 Å². The second kappa shape index (κ2) is 7.55. The molecule has 0 atom stereocenters. The second-order valence-corrected chi connectivity index (χ2v) is 10.2. The molecule has 2 heteroatoms. The highest BCUT2D eigenvalue weighted by Gasteiger charge is 2.20. The highest BCUT2D eigenvalue weighted by Crippen LogP contribution is 2.47. The average molecular weight is 477 g/mol. The van der Waals surface area contributed by atoms with Crippen LogP contribution in [-0.2, 0) is 0 Å². The number of rotatable bonds is 2. The van der Waals surface area contributed by atoms with Crippen molar-refractivity contribution in [2.45, 2.75) is 0 Å². The van der Waals surface area contributed by atoms with Crippen LogP contribution in [0, 0.1) is 0 Å². The lowest BCUT2D eigenvalue weighted by atomic mass is 9.85. The molecule has 0 spiro atoms. The van der Waals surface area contributed by atoms with Gasteiger partial charge in [-0.3, -0.25) is 0 Å². The number of hydrogen-bond donors (Lipinski definition) is 0. The highest BCUT2D eigenvalue weighted by atomic mass is 32.1. The van der Waals surface area contributed by atoms with E-state index >= 15 is 0 Å². The summed E-state index contributed by atoms with van der Waals surface area (Å²) in [5.41, 5.74) is 6.81. The molecule has 168 valence electrons. The molecule has 2 aromatic heterocycles. The van der Waals surface area contributed by atoms with Crippen LogP contribution in [0.15, 0.2) is 125 Å². The molecule has 6 aromatic carbocycles. The lowest BCUT2D eigenvalue weighted by Gasteiger charge is -2.17. The summed E-state index contributed by atoms with van der Waals surface area (Å²) in [5, 5.41) is 10.7. The molecule has 1 nitrogen and oxygen atoms in total. The van der Waals surface area contributed by atoms with Gasteiger partial charge in [-0.25, -0.2) is 0 Å². The maximum Gasteiger partial charge on any atom is 0.144 e. The van der Waals surface area contributed by atoms with Crippen LogP contribution < -0.4 is 0 Å². The monoisotopic (exact) mass is 476 g/mol. The van der Waals surface area contributed by atoms with Gasteiger partial charge in [0.2, 0.25) is 0 Å². The van der Waals surface area contributed by atoms with Gasteiger partial charge in [-0.15, -0.1) is 11.3 Å². The summed E-state index contributed by atoms with van der Waals surface area (Å²) >= 11 is 1.76. The molecule has 0 saturated heterocycles. The minimum absolute atomic E-state index is 0.953. The van der Waals surface area contributed by atoms with Crippen molar-refractivity contribution in [2.75, 3.05) is 0 Å². The van der Waals surface area contributed by atoms with Crippen LogP contribution in [0.25, 0.3) is 75.8 Å². The molecule has 0 fully saturated rings. The average Bonchev–Trinajstić information content (AvgIpc) is 3.57. The Morgan fingerprint density at radius 3 is 1.75 bits per heavy atom. The quantitative estimate of drug-likeness (QED) is 0.226. The van der Waals surface area contributed by atoms with Gasteiger partial charge in [0, 0.05) is 32.0 Å². The fourth-order valence-electron chi connectivity index (χ4n) is 5.83. The molecule has 0 bridgehead atoms. The van der Waals surface area contributed by atoms with E-state index in [2.05, 4.69) is 121 Å². The summed E-state index contributed by atoms with van der Waals surface area (Å²) in [7, 11) is 0. The molecule has 0 N–H and O–H groups in total. The molecule has 0 aliphatic heterocycles. The third-order valence-corrected chi connectivity index (χ3v) is 8.24. The van der Waals surface area contributed by atoms with E-state index in [0.29, 0.717) is 0 Å². The molecule has 0 unspecified atom stereocenters. The lowest BCUT2D eigenvalue weighted by Crippen LogP contribution is -1.90. The summed E-state index contributed by atoms with van der Waals surface area (Å²) in [6.45, 7) is 0. The van der Waals surface area contributed by atoms with Crippen molar-refractivity contribution < 1.29 is 4.42 Å².